The monoisotopic (exact) mass is 559 g/mol. The number of benzene rings is 3. The molecule has 1 amide bonds. The number of thioether (sulfide) groups is 1. The normalized spacial score (nSPS) is 12.0. The van der Waals surface area contributed by atoms with Gasteiger partial charge in [-0.2, -0.15) is 0 Å². The second kappa shape index (κ2) is 10.6. The zero-order valence-electron chi connectivity index (χ0n) is 21.8. The maximum absolute atomic E-state index is 13.6. The molecule has 198 valence electrons. The fourth-order valence-electron chi connectivity index (χ4n) is 4.39. The van der Waals surface area contributed by atoms with E-state index in [-0.39, 0.29) is 22.7 Å². The standard InChI is InChI=1S/C29H26ClN5O3S/c1-17-22(30)14-10-16-24(17)34-27(37)21-13-8-9-15-23(21)31-29(34)39-19(3)26(36)32-25-18(2)33(4)35(28(25)38)20-11-6-5-7-12-20/h5-16,19H,1-4H3,(H,32,36). The average molecular weight is 560 g/mol. The van der Waals surface area contributed by atoms with Gasteiger partial charge in [0.25, 0.3) is 11.1 Å². The number of carbonyl (C=O) groups is 1. The number of para-hydroxylation sites is 2. The Labute approximate surface area is 233 Å². The average Bonchev–Trinajstić information content (AvgIpc) is 3.14. The minimum Gasteiger partial charge on any atom is -0.319 e. The summed E-state index contributed by atoms with van der Waals surface area (Å²) in [5, 5.41) is 3.44. The summed E-state index contributed by atoms with van der Waals surface area (Å²) in [6.07, 6.45) is 0. The Hall–Kier alpha value is -4.08. The fraction of sp³-hybridized carbons (Fsp3) is 0.172. The van der Waals surface area contributed by atoms with E-state index in [1.54, 1.807) is 62.0 Å². The Morgan fingerprint density at radius 1 is 0.949 bits per heavy atom. The van der Waals surface area contributed by atoms with E-state index < -0.39 is 5.25 Å². The molecule has 2 aromatic heterocycles. The van der Waals surface area contributed by atoms with Crippen molar-refractivity contribution in [3.05, 3.63) is 110 Å². The minimum absolute atomic E-state index is 0.202. The first-order chi connectivity index (χ1) is 18.7. The Bertz CT molecular complexity index is 1840. The van der Waals surface area contributed by atoms with Gasteiger partial charge in [0.2, 0.25) is 5.91 Å². The summed E-state index contributed by atoms with van der Waals surface area (Å²) in [5.74, 6) is -0.386. The van der Waals surface area contributed by atoms with Crippen LogP contribution in [0.1, 0.15) is 18.2 Å². The van der Waals surface area contributed by atoms with Crippen LogP contribution in [0, 0.1) is 13.8 Å². The molecule has 8 nitrogen and oxygen atoms in total. The number of anilines is 1. The third-order valence-corrected chi connectivity index (χ3v) is 8.14. The fourth-order valence-corrected chi connectivity index (χ4v) is 5.48. The minimum atomic E-state index is -0.687. The summed E-state index contributed by atoms with van der Waals surface area (Å²) in [4.78, 5) is 45.0. The molecule has 1 N–H and O–H groups in total. The number of nitrogens with one attached hydrogen (secondary N) is 1. The molecule has 1 atom stereocenters. The van der Waals surface area contributed by atoms with E-state index in [1.165, 1.54) is 9.25 Å². The zero-order chi connectivity index (χ0) is 27.8. The van der Waals surface area contributed by atoms with Gasteiger partial charge < -0.3 is 5.32 Å². The van der Waals surface area contributed by atoms with E-state index in [0.29, 0.717) is 38.2 Å². The van der Waals surface area contributed by atoms with Crippen LogP contribution in [0.3, 0.4) is 0 Å². The van der Waals surface area contributed by atoms with Gasteiger partial charge in [0.15, 0.2) is 5.16 Å². The van der Waals surface area contributed by atoms with Gasteiger partial charge in [-0.15, -0.1) is 0 Å². The number of hydrogen-bond acceptors (Lipinski definition) is 5. The summed E-state index contributed by atoms with van der Waals surface area (Å²) < 4.78 is 4.71. The van der Waals surface area contributed by atoms with Gasteiger partial charge in [-0.05, 0) is 62.7 Å². The van der Waals surface area contributed by atoms with Crippen LogP contribution in [0.2, 0.25) is 5.02 Å². The highest BCUT2D eigenvalue weighted by molar-refractivity contribution is 8.00. The summed E-state index contributed by atoms with van der Waals surface area (Å²) in [7, 11) is 1.77. The van der Waals surface area contributed by atoms with E-state index >= 15 is 0 Å². The first-order valence-electron chi connectivity index (χ1n) is 12.3. The molecule has 0 fully saturated rings. The predicted molar refractivity (Wildman–Crippen MR) is 157 cm³/mol. The Morgan fingerprint density at radius 2 is 1.64 bits per heavy atom. The zero-order valence-corrected chi connectivity index (χ0v) is 23.4. The van der Waals surface area contributed by atoms with Crippen molar-refractivity contribution >= 4 is 45.9 Å². The molecule has 3 aromatic carbocycles. The molecule has 2 heterocycles. The summed E-state index contributed by atoms with van der Waals surface area (Å²) in [6, 6.07) is 21.6. The van der Waals surface area contributed by atoms with Crippen molar-refractivity contribution < 1.29 is 4.79 Å². The van der Waals surface area contributed by atoms with Crippen LogP contribution in [-0.4, -0.2) is 30.1 Å². The molecule has 0 aliphatic carbocycles. The van der Waals surface area contributed by atoms with Crippen molar-refractivity contribution in [2.24, 2.45) is 7.05 Å². The summed E-state index contributed by atoms with van der Waals surface area (Å²) >= 11 is 7.52. The van der Waals surface area contributed by atoms with Crippen LogP contribution in [0.25, 0.3) is 22.3 Å². The highest BCUT2D eigenvalue weighted by Gasteiger charge is 2.24. The van der Waals surface area contributed by atoms with Gasteiger partial charge in [0, 0.05) is 12.1 Å². The van der Waals surface area contributed by atoms with Crippen LogP contribution in [-0.2, 0) is 11.8 Å². The van der Waals surface area contributed by atoms with Crippen molar-refractivity contribution in [1.29, 1.82) is 0 Å². The number of halogens is 1. The maximum Gasteiger partial charge on any atom is 0.295 e. The molecule has 5 aromatic rings. The number of nitrogens with zero attached hydrogens (tertiary/aromatic N) is 4. The van der Waals surface area contributed by atoms with E-state index in [1.807, 2.05) is 43.3 Å². The van der Waals surface area contributed by atoms with Gasteiger partial charge in [0.1, 0.15) is 5.69 Å². The highest BCUT2D eigenvalue weighted by Crippen LogP contribution is 2.29. The van der Waals surface area contributed by atoms with E-state index in [2.05, 4.69) is 5.32 Å². The predicted octanol–water partition coefficient (Wildman–Crippen LogP) is 5.26. The molecule has 10 heteroatoms. The Morgan fingerprint density at radius 3 is 2.38 bits per heavy atom. The van der Waals surface area contributed by atoms with Crippen LogP contribution >= 0.6 is 23.4 Å². The molecule has 0 saturated heterocycles. The molecule has 0 bridgehead atoms. The Kier molecular flexibility index (Phi) is 7.20. The molecule has 0 aliphatic heterocycles. The molecule has 0 spiro atoms. The van der Waals surface area contributed by atoms with Crippen molar-refractivity contribution in [3.63, 3.8) is 0 Å². The lowest BCUT2D eigenvalue weighted by atomic mass is 10.2. The lowest BCUT2D eigenvalue weighted by Gasteiger charge is -2.18. The van der Waals surface area contributed by atoms with Crippen LogP contribution in [0.5, 0.6) is 0 Å². The Balaban J connectivity index is 1.52. The van der Waals surface area contributed by atoms with Gasteiger partial charge in [-0.1, -0.05) is 59.8 Å². The SMILES string of the molecule is Cc1c(Cl)cccc1-n1c(SC(C)C(=O)Nc2c(C)n(C)n(-c3ccccc3)c2=O)nc2ccccc2c1=O. The third kappa shape index (κ3) is 4.79. The van der Waals surface area contributed by atoms with E-state index in [0.717, 1.165) is 17.3 Å². The quantitative estimate of drug-likeness (QED) is 0.226. The van der Waals surface area contributed by atoms with Crippen LogP contribution < -0.4 is 16.4 Å². The molecular formula is C29H26ClN5O3S. The molecule has 39 heavy (non-hydrogen) atoms. The summed E-state index contributed by atoms with van der Waals surface area (Å²) in [5.41, 5.74) is 2.76. The van der Waals surface area contributed by atoms with Gasteiger partial charge in [-0.3, -0.25) is 23.6 Å². The van der Waals surface area contributed by atoms with Crippen LogP contribution in [0.15, 0.2) is 87.5 Å². The molecule has 1 unspecified atom stereocenters. The molecule has 0 saturated carbocycles. The number of amides is 1. The van der Waals surface area contributed by atoms with E-state index in [4.69, 9.17) is 16.6 Å². The largest absolute Gasteiger partial charge is 0.319 e. The van der Waals surface area contributed by atoms with Crippen molar-refractivity contribution in [3.8, 4) is 11.4 Å². The van der Waals surface area contributed by atoms with Gasteiger partial charge >= 0.3 is 0 Å². The lowest BCUT2D eigenvalue weighted by molar-refractivity contribution is -0.115. The molecule has 5 rings (SSSR count). The first kappa shape index (κ1) is 26.5. The first-order valence-corrected chi connectivity index (χ1v) is 13.5. The number of aromatic nitrogens is 4. The topological polar surface area (TPSA) is 90.9 Å². The van der Waals surface area contributed by atoms with Gasteiger partial charge in [-0.25, -0.2) is 9.67 Å². The highest BCUT2D eigenvalue weighted by atomic mass is 35.5. The van der Waals surface area contributed by atoms with Gasteiger partial charge in [0.05, 0.1) is 33.2 Å². The number of fused-ring (bicyclic) bond motifs is 1. The molecular weight excluding hydrogens is 534 g/mol. The van der Waals surface area contributed by atoms with E-state index in [9.17, 15) is 14.4 Å². The second-order valence-electron chi connectivity index (χ2n) is 9.12. The molecule has 0 radical (unpaired) electrons. The number of rotatable bonds is 6. The van der Waals surface area contributed by atoms with Crippen molar-refractivity contribution in [2.45, 2.75) is 31.2 Å². The van der Waals surface area contributed by atoms with Crippen LogP contribution in [0.4, 0.5) is 5.69 Å². The summed E-state index contributed by atoms with van der Waals surface area (Å²) in [6.45, 7) is 5.32. The maximum atomic E-state index is 13.6. The third-order valence-electron chi connectivity index (χ3n) is 6.68. The number of carbonyl (C=O) groups excluding carboxylic acids is 1. The van der Waals surface area contributed by atoms with Crippen molar-refractivity contribution in [2.75, 3.05) is 5.32 Å². The molecule has 0 aliphatic rings. The second-order valence-corrected chi connectivity index (χ2v) is 10.8. The van der Waals surface area contributed by atoms with Crippen molar-refractivity contribution in [1.82, 2.24) is 18.9 Å². The smallest absolute Gasteiger partial charge is 0.295 e. The number of hydrogen-bond donors (Lipinski definition) is 1. The lowest BCUT2D eigenvalue weighted by Crippen LogP contribution is -2.28.